The predicted octanol–water partition coefficient (Wildman–Crippen LogP) is 1.56. The van der Waals surface area contributed by atoms with Crippen LogP contribution >= 0.6 is 11.3 Å². The number of carbonyl (C=O) groups excluding carboxylic acids is 1. The maximum atomic E-state index is 11.6. The van der Waals surface area contributed by atoms with Crippen LogP contribution in [0.3, 0.4) is 0 Å². The summed E-state index contributed by atoms with van der Waals surface area (Å²) in [4.78, 5) is 31.1. The quantitative estimate of drug-likeness (QED) is 0.867. The lowest BCUT2D eigenvalue weighted by Crippen LogP contribution is -2.21. The number of carbonyl (C=O) groups is 2. The number of hydrogen-bond acceptors (Lipinski definition) is 6. The van der Waals surface area contributed by atoms with Crippen LogP contribution in [-0.4, -0.2) is 33.6 Å². The van der Waals surface area contributed by atoms with E-state index in [1.807, 2.05) is 0 Å². The Morgan fingerprint density at radius 2 is 2.10 bits per heavy atom. The van der Waals surface area contributed by atoms with E-state index >= 15 is 0 Å². The number of aromatic nitrogens is 2. The van der Waals surface area contributed by atoms with Gasteiger partial charge in [0.05, 0.1) is 0 Å². The Balaban J connectivity index is 1.95. The zero-order chi connectivity index (χ0) is 14.5. The highest BCUT2D eigenvalue weighted by Gasteiger charge is 2.16. The fourth-order valence-electron chi connectivity index (χ4n) is 1.41. The summed E-state index contributed by atoms with van der Waals surface area (Å²) in [5.74, 6) is -1.19. The van der Waals surface area contributed by atoms with Gasteiger partial charge in [0.15, 0.2) is 11.5 Å². The number of amides is 1. The van der Waals surface area contributed by atoms with Crippen LogP contribution in [0.2, 0.25) is 0 Å². The molecule has 0 spiro atoms. The van der Waals surface area contributed by atoms with Crippen LogP contribution in [0.1, 0.15) is 14.5 Å². The second kappa shape index (κ2) is 6.11. The Bertz CT molecular complexity index is 627. The molecule has 8 heteroatoms. The predicted molar refractivity (Wildman–Crippen MR) is 72.2 cm³/mol. The van der Waals surface area contributed by atoms with Crippen molar-refractivity contribution >= 4 is 29.2 Å². The Hall–Kier alpha value is -2.48. The van der Waals surface area contributed by atoms with Gasteiger partial charge in [-0.3, -0.25) is 10.1 Å². The first-order valence-corrected chi connectivity index (χ1v) is 6.41. The molecule has 7 nitrogen and oxygen atoms in total. The molecular formula is C12H11N3O4S. The molecule has 2 rings (SSSR count). The topological polar surface area (TPSA) is 101 Å². The molecule has 0 aliphatic heterocycles. The van der Waals surface area contributed by atoms with Gasteiger partial charge in [-0.1, -0.05) is 0 Å². The van der Waals surface area contributed by atoms with Gasteiger partial charge in [-0.05, 0) is 19.1 Å². The van der Waals surface area contributed by atoms with E-state index in [1.54, 1.807) is 19.1 Å². The molecule has 0 atom stereocenters. The van der Waals surface area contributed by atoms with Gasteiger partial charge in [-0.25, -0.2) is 14.8 Å². The summed E-state index contributed by atoms with van der Waals surface area (Å²) in [7, 11) is 0. The molecule has 0 saturated carbocycles. The molecule has 0 unspecified atom stereocenters. The van der Waals surface area contributed by atoms with E-state index in [2.05, 4.69) is 15.3 Å². The summed E-state index contributed by atoms with van der Waals surface area (Å²) in [6.45, 7) is 1.45. The van der Waals surface area contributed by atoms with Crippen molar-refractivity contribution in [3.63, 3.8) is 0 Å². The number of nitrogens with zero attached hydrogens (tertiary/aromatic N) is 2. The maximum absolute atomic E-state index is 11.6. The van der Waals surface area contributed by atoms with Crippen molar-refractivity contribution in [3.05, 3.63) is 34.3 Å². The molecule has 0 aliphatic carbocycles. The highest BCUT2D eigenvalue weighted by atomic mass is 32.1. The second-order valence-electron chi connectivity index (χ2n) is 3.76. The van der Waals surface area contributed by atoms with Gasteiger partial charge < -0.3 is 9.84 Å². The largest absolute Gasteiger partial charge is 0.482 e. The van der Waals surface area contributed by atoms with Gasteiger partial charge in [0.25, 0.3) is 5.91 Å². The Morgan fingerprint density at radius 3 is 2.75 bits per heavy atom. The van der Waals surface area contributed by atoms with Gasteiger partial charge in [0.2, 0.25) is 5.95 Å². The van der Waals surface area contributed by atoms with Crippen LogP contribution in [0.25, 0.3) is 0 Å². The summed E-state index contributed by atoms with van der Waals surface area (Å²) >= 11 is 1.10. The number of aromatic carboxylic acids is 1. The first-order chi connectivity index (χ1) is 9.56. The molecule has 2 heterocycles. The maximum Gasteiger partial charge on any atom is 0.349 e. The van der Waals surface area contributed by atoms with Crippen molar-refractivity contribution in [1.29, 1.82) is 0 Å². The Morgan fingerprint density at radius 1 is 1.40 bits per heavy atom. The zero-order valence-electron chi connectivity index (χ0n) is 10.5. The van der Waals surface area contributed by atoms with Gasteiger partial charge >= 0.3 is 5.97 Å². The molecule has 104 valence electrons. The number of anilines is 1. The highest BCUT2D eigenvalue weighted by molar-refractivity contribution is 7.14. The average Bonchev–Trinajstić information content (AvgIpc) is 2.79. The lowest BCUT2D eigenvalue weighted by atomic mass is 10.4. The van der Waals surface area contributed by atoms with E-state index in [9.17, 15) is 9.59 Å². The minimum Gasteiger partial charge on any atom is -0.482 e. The number of carboxylic acids is 1. The summed E-state index contributed by atoms with van der Waals surface area (Å²) in [5, 5.41) is 11.4. The standard InChI is InChI=1S/C12H11N3O4S/c1-7-5-8(10(20-7)11(17)18)19-6-9(16)15-12-13-3-2-4-14-12/h2-5H,6H2,1H3,(H,17,18)(H,13,14,15,16). The average molecular weight is 293 g/mol. The van der Waals surface area contributed by atoms with E-state index in [0.29, 0.717) is 0 Å². The molecule has 0 aliphatic rings. The van der Waals surface area contributed by atoms with Crippen molar-refractivity contribution < 1.29 is 19.4 Å². The number of thiophene rings is 1. The normalized spacial score (nSPS) is 10.1. The van der Waals surface area contributed by atoms with Crippen LogP contribution in [-0.2, 0) is 4.79 Å². The molecule has 20 heavy (non-hydrogen) atoms. The molecule has 0 radical (unpaired) electrons. The van der Waals surface area contributed by atoms with Crippen molar-refractivity contribution in [2.75, 3.05) is 11.9 Å². The summed E-state index contributed by atoms with van der Waals surface area (Å²) < 4.78 is 5.22. The Labute approximate surface area is 118 Å². The van der Waals surface area contributed by atoms with E-state index in [0.717, 1.165) is 16.2 Å². The summed E-state index contributed by atoms with van der Waals surface area (Å²) in [5.41, 5.74) is 0. The molecule has 2 N–H and O–H groups in total. The molecule has 0 aromatic carbocycles. The van der Waals surface area contributed by atoms with Crippen LogP contribution < -0.4 is 10.1 Å². The van der Waals surface area contributed by atoms with Gasteiger partial charge in [-0.15, -0.1) is 11.3 Å². The first-order valence-electron chi connectivity index (χ1n) is 5.59. The monoisotopic (exact) mass is 293 g/mol. The number of rotatable bonds is 5. The summed E-state index contributed by atoms with van der Waals surface area (Å²) in [6, 6.07) is 3.21. The van der Waals surface area contributed by atoms with Crippen molar-refractivity contribution in [1.82, 2.24) is 9.97 Å². The molecule has 1 amide bonds. The van der Waals surface area contributed by atoms with Gasteiger partial charge in [0, 0.05) is 17.3 Å². The third-order valence-corrected chi connectivity index (χ3v) is 3.21. The van der Waals surface area contributed by atoms with E-state index in [-0.39, 0.29) is 23.2 Å². The number of hydrogen-bond donors (Lipinski definition) is 2. The Kier molecular flexibility index (Phi) is 4.26. The van der Waals surface area contributed by atoms with Crippen LogP contribution in [0.5, 0.6) is 5.75 Å². The fraction of sp³-hybridized carbons (Fsp3) is 0.167. The number of ether oxygens (including phenoxy) is 1. The van der Waals surface area contributed by atoms with Crippen molar-refractivity contribution in [3.8, 4) is 5.75 Å². The lowest BCUT2D eigenvalue weighted by Gasteiger charge is -2.05. The minimum absolute atomic E-state index is 0.0752. The molecule has 0 saturated heterocycles. The van der Waals surface area contributed by atoms with E-state index < -0.39 is 11.9 Å². The minimum atomic E-state index is -1.08. The molecule has 2 aromatic heterocycles. The van der Waals surface area contributed by atoms with Gasteiger partial charge in [-0.2, -0.15) is 0 Å². The van der Waals surface area contributed by atoms with Crippen molar-refractivity contribution in [2.45, 2.75) is 6.92 Å². The SMILES string of the molecule is Cc1cc(OCC(=O)Nc2ncccn2)c(C(=O)O)s1. The van der Waals surface area contributed by atoms with E-state index in [1.165, 1.54) is 12.4 Å². The zero-order valence-corrected chi connectivity index (χ0v) is 11.3. The highest BCUT2D eigenvalue weighted by Crippen LogP contribution is 2.28. The molecule has 0 fully saturated rings. The molecule has 2 aromatic rings. The van der Waals surface area contributed by atoms with Crippen molar-refractivity contribution in [2.24, 2.45) is 0 Å². The summed E-state index contributed by atoms with van der Waals surface area (Å²) in [6.07, 6.45) is 2.99. The number of nitrogens with one attached hydrogen (secondary N) is 1. The molecular weight excluding hydrogens is 282 g/mol. The van der Waals surface area contributed by atoms with E-state index in [4.69, 9.17) is 9.84 Å². The second-order valence-corrected chi connectivity index (χ2v) is 5.02. The lowest BCUT2D eigenvalue weighted by molar-refractivity contribution is -0.118. The van der Waals surface area contributed by atoms with Crippen LogP contribution in [0, 0.1) is 6.92 Å². The smallest absolute Gasteiger partial charge is 0.349 e. The number of aryl methyl sites for hydroxylation is 1. The third-order valence-electron chi connectivity index (χ3n) is 2.19. The van der Waals surface area contributed by atoms with Gasteiger partial charge in [0.1, 0.15) is 5.75 Å². The van der Waals surface area contributed by atoms with Crippen LogP contribution in [0.4, 0.5) is 5.95 Å². The van der Waals surface area contributed by atoms with Crippen LogP contribution in [0.15, 0.2) is 24.5 Å². The fourth-order valence-corrected chi connectivity index (χ4v) is 2.21. The number of carboxylic acid groups (broad SMARTS) is 1. The molecule has 0 bridgehead atoms. The first kappa shape index (κ1) is 13.9. The third kappa shape index (κ3) is 3.51.